The summed E-state index contributed by atoms with van der Waals surface area (Å²) in [6.07, 6.45) is 2.40. The van der Waals surface area contributed by atoms with Gasteiger partial charge in [-0.15, -0.1) is 0 Å². The third-order valence-corrected chi connectivity index (χ3v) is 7.49. The molecule has 0 saturated heterocycles. The zero-order valence-electron chi connectivity index (χ0n) is 21.3. The zero-order chi connectivity index (χ0) is 26.3. The van der Waals surface area contributed by atoms with Gasteiger partial charge in [0.2, 0.25) is 21.8 Å². The van der Waals surface area contributed by atoms with Crippen LogP contribution in [-0.4, -0.2) is 56.6 Å². The number of hydrogen-bond acceptors (Lipinski definition) is 4. The number of fused-ring (bicyclic) bond motifs is 1. The molecule has 7 nitrogen and oxygen atoms in total. The van der Waals surface area contributed by atoms with Gasteiger partial charge in [-0.3, -0.25) is 13.9 Å². The number of carbonyl (C=O) groups excluding carboxylic acids is 2. The Morgan fingerprint density at radius 3 is 2.22 bits per heavy atom. The lowest BCUT2D eigenvalue weighted by atomic mass is 10.1. The molecule has 8 heteroatoms. The second kappa shape index (κ2) is 12.0. The summed E-state index contributed by atoms with van der Waals surface area (Å²) in [5, 5.41) is 4.54. The molecule has 0 heterocycles. The molecule has 1 N–H and O–H groups in total. The number of anilines is 1. The van der Waals surface area contributed by atoms with Crippen molar-refractivity contribution < 1.29 is 18.0 Å². The van der Waals surface area contributed by atoms with E-state index in [1.807, 2.05) is 74.5 Å². The normalized spacial score (nSPS) is 13.1. The van der Waals surface area contributed by atoms with Crippen LogP contribution in [0.15, 0.2) is 72.8 Å². The van der Waals surface area contributed by atoms with Gasteiger partial charge in [0.15, 0.2) is 0 Å². The van der Waals surface area contributed by atoms with Crippen LogP contribution in [0.2, 0.25) is 0 Å². The smallest absolute Gasteiger partial charge is 0.244 e. The van der Waals surface area contributed by atoms with E-state index in [9.17, 15) is 18.0 Å². The van der Waals surface area contributed by atoms with Crippen molar-refractivity contribution in [3.63, 3.8) is 0 Å². The van der Waals surface area contributed by atoms with Crippen LogP contribution in [0, 0.1) is 0 Å². The van der Waals surface area contributed by atoms with Crippen LogP contribution < -0.4 is 9.62 Å². The zero-order valence-corrected chi connectivity index (χ0v) is 22.2. The highest BCUT2D eigenvalue weighted by atomic mass is 32.2. The summed E-state index contributed by atoms with van der Waals surface area (Å²) in [7, 11) is -3.79. The van der Waals surface area contributed by atoms with Gasteiger partial charge in [0.1, 0.15) is 12.6 Å². The number of carbonyl (C=O) groups is 2. The molecule has 192 valence electrons. The minimum Gasteiger partial charge on any atom is -0.352 e. The number of rotatable bonds is 11. The Bertz CT molecular complexity index is 1290. The van der Waals surface area contributed by atoms with Crippen molar-refractivity contribution in [2.75, 3.05) is 23.7 Å². The molecule has 0 aromatic heterocycles. The summed E-state index contributed by atoms with van der Waals surface area (Å²) in [4.78, 5) is 28.1. The van der Waals surface area contributed by atoms with Gasteiger partial charge in [-0.2, -0.15) is 0 Å². The number of nitrogens with one attached hydrogen (secondary N) is 1. The van der Waals surface area contributed by atoms with E-state index >= 15 is 0 Å². The first-order valence-electron chi connectivity index (χ1n) is 12.2. The Morgan fingerprint density at radius 1 is 0.917 bits per heavy atom. The minimum atomic E-state index is -3.79. The standard InChI is InChI=1S/C28H35N3O4S/c1-5-21(2)29-28(33)22(3)30(19-18-23-12-7-6-8-13-23)27(32)20-31(36(4,34)35)26-17-11-15-24-14-9-10-16-25(24)26/h6-17,21-22H,5,18-20H2,1-4H3,(H,29,33)/t21-,22+/m1/s1. The van der Waals surface area contributed by atoms with E-state index in [1.54, 1.807) is 19.1 Å². The molecule has 3 aromatic rings. The molecule has 3 rings (SSSR count). The van der Waals surface area contributed by atoms with Crippen LogP contribution in [0.4, 0.5) is 5.69 Å². The van der Waals surface area contributed by atoms with Gasteiger partial charge in [0.05, 0.1) is 11.9 Å². The van der Waals surface area contributed by atoms with E-state index in [2.05, 4.69) is 5.32 Å². The van der Waals surface area contributed by atoms with Crippen LogP contribution in [0.1, 0.15) is 32.8 Å². The number of hydrogen-bond donors (Lipinski definition) is 1. The predicted molar refractivity (Wildman–Crippen MR) is 145 cm³/mol. The highest BCUT2D eigenvalue weighted by Gasteiger charge is 2.30. The van der Waals surface area contributed by atoms with Crippen LogP contribution in [-0.2, 0) is 26.0 Å². The van der Waals surface area contributed by atoms with Crippen molar-refractivity contribution in [3.8, 4) is 0 Å². The van der Waals surface area contributed by atoms with Gasteiger partial charge in [-0.05, 0) is 43.7 Å². The molecule has 36 heavy (non-hydrogen) atoms. The van der Waals surface area contributed by atoms with Crippen molar-refractivity contribution in [3.05, 3.63) is 78.4 Å². The summed E-state index contributed by atoms with van der Waals surface area (Å²) in [6.45, 7) is 5.45. The Labute approximate surface area is 214 Å². The fraction of sp³-hybridized carbons (Fsp3) is 0.357. The summed E-state index contributed by atoms with van der Waals surface area (Å²) in [6, 6.07) is 21.7. The van der Waals surface area contributed by atoms with Crippen LogP contribution in [0.3, 0.4) is 0 Å². The van der Waals surface area contributed by atoms with Crippen molar-refractivity contribution in [1.29, 1.82) is 0 Å². The number of benzene rings is 3. The summed E-state index contributed by atoms with van der Waals surface area (Å²) in [5.41, 5.74) is 1.46. The largest absolute Gasteiger partial charge is 0.352 e. The maximum Gasteiger partial charge on any atom is 0.244 e. The molecule has 0 saturated carbocycles. The van der Waals surface area contributed by atoms with Gasteiger partial charge >= 0.3 is 0 Å². The van der Waals surface area contributed by atoms with E-state index < -0.39 is 28.5 Å². The maximum absolute atomic E-state index is 13.7. The van der Waals surface area contributed by atoms with Crippen LogP contribution >= 0.6 is 0 Å². The lowest BCUT2D eigenvalue weighted by molar-refractivity contribution is -0.139. The van der Waals surface area contributed by atoms with Gasteiger partial charge in [0.25, 0.3) is 0 Å². The number of sulfonamides is 1. The molecular weight excluding hydrogens is 474 g/mol. The minimum absolute atomic E-state index is 0.0331. The van der Waals surface area contributed by atoms with Crippen molar-refractivity contribution >= 4 is 38.3 Å². The van der Waals surface area contributed by atoms with Crippen molar-refractivity contribution in [2.24, 2.45) is 0 Å². The first-order valence-corrected chi connectivity index (χ1v) is 14.1. The Balaban J connectivity index is 1.93. The van der Waals surface area contributed by atoms with Crippen molar-refractivity contribution in [2.45, 2.75) is 45.7 Å². The van der Waals surface area contributed by atoms with E-state index in [4.69, 9.17) is 0 Å². The lowest BCUT2D eigenvalue weighted by Gasteiger charge is -2.32. The Morgan fingerprint density at radius 2 is 1.56 bits per heavy atom. The fourth-order valence-electron chi connectivity index (χ4n) is 4.06. The summed E-state index contributed by atoms with van der Waals surface area (Å²) in [5.74, 6) is -0.696. The van der Waals surface area contributed by atoms with E-state index in [-0.39, 0.29) is 18.5 Å². The molecule has 0 spiro atoms. The Hall–Kier alpha value is -3.39. The predicted octanol–water partition coefficient (Wildman–Crippen LogP) is 3.98. The molecule has 3 aromatic carbocycles. The quantitative estimate of drug-likeness (QED) is 0.424. The average Bonchev–Trinajstić information content (AvgIpc) is 2.86. The molecule has 2 amide bonds. The maximum atomic E-state index is 13.7. The second-order valence-corrected chi connectivity index (χ2v) is 11.0. The second-order valence-electron chi connectivity index (χ2n) is 9.08. The molecule has 0 aliphatic heterocycles. The third kappa shape index (κ3) is 6.85. The first kappa shape index (κ1) is 27.2. The van der Waals surface area contributed by atoms with Crippen molar-refractivity contribution in [1.82, 2.24) is 10.2 Å². The van der Waals surface area contributed by atoms with Crippen LogP contribution in [0.5, 0.6) is 0 Å². The summed E-state index contributed by atoms with van der Waals surface area (Å²) < 4.78 is 26.9. The van der Waals surface area contributed by atoms with E-state index in [1.165, 1.54) is 4.90 Å². The van der Waals surface area contributed by atoms with E-state index in [0.717, 1.165) is 33.3 Å². The molecule has 2 atom stereocenters. The van der Waals surface area contributed by atoms with Gasteiger partial charge < -0.3 is 10.2 Å². The molecule has 0 unspecified atom stereocenters. The van der Waals surface area contributed by atoms with Gasteiger partial charge in [-0.1, -0.05) is 73.7 Å². The summed E-state index contributed by atoms with van der Waals surface area (Å²) >= 11 is 0. The molecule has 0 aliphatic carbocycles. The fourth-order valence-corrected chi connectivity index (χ4v) is 4.92. The topological polar surface area (TPSA) is 86.8 Å². The first-order chi connectivity index (χ1) is 17.1. The SMILES string of the molecule is CC[C@@H](C)NC(=O)[C@H](C)N(CCc1ccccc1)C(=O)CN(c1cccc2ccccc12)S(C)(=O)=O. The molecule has 0 bridgehead atoms. The van der Waals surface area contributed by atoms with Gasteiger partial charge in [-0.25, -0.2) is 8.42 Å². The highest BCUT2D eigenvalue weighted by Crippen LogP contribution is 2.28. The molecular formula is C28H35N3O4S. The molecule has 0 aliphatic rings. The average molecular weight is 510 g/mol. The monoisotopic (exact) mass is 509 g/mol. The van der Waals surface area contributed by atoms with E-state index in [0.29, 0.717) is 12.1 Å². The number of amides is 2. The molecule has 0 radical (unpaired) electrons. The van der Waals surface area contributed by atoms with Crippen LogP contribution in [0.25, 0.3) is 10.8 Å². The van der Waals surface area contributed by atoms with Gasteiger partial charge in [0, 0.05) is 18.0 Å². The highest BCUT2D eigenvalue weighted by molar-refractivity contribution is 7.92. The number of nitrogens with zero attached hydrogens (tertiary/aromatic N) is 2. The molecule has 0 fully saturated rings. The Kier molecular flexibility index (Phi) is 9.09. The lowest BCUT2D eigenvalue weighted by Crippen LogP contribution is -2.53. The third-order valence-electron chi connectivity index (χ3n) is 6.37.